The van der Waals surface area contributed by atoms with E-state index in [2.05, 4.69) is 5.32 Å². The number of benzene rings is 1. The number of nitrogens with one attached hydrogen (secondary N) is 1. The minimum Gasteiger partial charge on any atom is -0.481 e. The lowest BCUT2D eigenvalue weighted by Crippen LogP contribution is -2.27. The fourth-order valence-corrected chi connectivity index (χ4v) is 2.09. The number of rotatable bonds is 5. The van der Waals surface area contributed by atoms with Gasteiger partial charge in [0.2, 0.25) is 16.9 Å². The Morgan fingerprint density at radius 3 is 2.73 bits per heavy atom. The van der Waals surface area contributed by atoms with E-state index >= 15 is 0 Å². The topological polar surface area (TPSA) is 68.5 Å². The second kappa shape index (κ2) is 6.05. The van der Waals surface area contributed by atoms with Crippen molar-refractivity contribution in [1.29, 1.82) is 0 Å². The fourth-order valence-electron chi connectivity index (χ4n) is 2.09. The van der Waals surface area contributed by atoms with Gasteiger partial charge in [0.15, 0.2) is 0 Å². The number of hydrogen-bond donors (Lipinski definition) is 1. The van der Waals surface area contributed by atoms with Crippen LogP contribution in [-0.4, -0.2) is 11.9 Å². The van der Waals surface area contributed by atoms with E-state index < -0.39 is 5.91 Å². The summed E-state index contributed by atoms with van der Waals surface area (Å²) in [6.45, 7) is 1.84. The molecule has 114 valence electrons. The summed E-state index contributed by atoms with van der Waals surface area (Å²) in [4.78, 5) is 24.3. The summed E-state index contributed by atoms with van der Waals surface area (Å²) in [7, 11) is 0. The lowest BCUT2D eigenvalue weighted by molar-refractivity contribution is 0.0910. The second-order valence-electron chi connectivity index (χ2n) is 5.40. The SMILES string of the molecule is Cc1cc(=O)c(OCc2ccccc2)c(C(=O)NC2CC2)o1. The van der Waals surface area contributed by atoms with Gasteiger partial charge in [-0.2, -0.15) is 0 Å². The number of carbonyl (C=O) groups excluding carboxylic acids is 1. The van der Waals surface area contributed by atoms with Crippen LogP contribution < -0.4 is 15.5 Å². The van der Waals surface area contributed by atoms with Crippen molar-refractivity contribution in [2.24, 2.45) is 0 Å². The zero-order valence-corrected chi connectivity index (χ0v) is 12.3. The van der Waals surface area contributed by atoms with E-state index in [1.54, 1.807) is 6.92 Å². The zero-order chi connectivity index (χ0) is 15.5. The number of aryl methyl sites for hydroxylation is 1. The highest BCUT2D eigenvalue weighted by atomic mass is 16.5. The number of amides is 1. The van der Waals surface area contributed by atoms with Crippen molar-refractivity contribution < 1.29 is 13.9 Å². The Bertz CT molecular complexity index is 732. The van der Waals surface area contributed by atoms with Crippen molar-refractivity contribution in [3.05, 3.63) is 63.7 Å². The van der Waals surface area contributed by atoms with Crippen LogP contribution in [0.4, 0.5) is 0 Å². The lowest BCUT2D eigenvalue weighted by Gasteiger charge is -2.10. The van der Waals surface area contributed by atoms with E-state index in [0.29, 0.717) is 5.76 Å². The van der Waals surface area contributed by atoms with Crippen LogP contribution in [-0.2, 0) is 6.61 Å². The van der Waals surface area contributed by atoms with Crippen LogP contribution in [0.1, 0.15) is 34.7 Å². The van der Waals surface area contributed by atoms with Gasteiger partial charge in [-0.15, -0.1) is 0 Å². The molecule has 0 saturated heterocycles. The van der Waals surface area contributed by atoms with Gasteiger partial charge in [-0.1, -0.05) is 30.3 Å². The van der Waals surface area contributed by atoms with Crippen LogP contribution in [0.15, 0.2) is 45.6 Å². The summed E-state index contributed by atoms with van der Waals surface area (Å²) in [5.41, 5.74) is 0.566. The lowest BCUT2D eigenvalue weighted by atomic mass is 10.2. The van der Waals surface area contributed by atoms with Crippen molar-refractivity contribution >= 4 is 5.91 Å². The first kappa shape index (κ1) is 14.4. The first-order valence-corrected chi connectivity index (χ1v) is 7.26. The van der Waals surface area contributed by atoms with E-state index in [9.17, 15) is 9.59 Å². The number of carbonyl (C=O) groups is 1. The molecule has 3 rings (SSSR count). The molecule has 5 heteroatoms. The molecule has 22 heavy (non-hydrogen) atoms. The maximum Gasteiger partial charge on any atom is 0.291 e. The first-order valence-electron chi connectivity index (χ1n) is 7.26. The molecular formula is C17H17NO4. The van der Waals surface area contributed by atoms with Gasteiger partial charge >= 0.3 is 0 Å². The monoisotopic (exact) mass is 299 g/mol. The third-order valence-corrected chi connectivity index (χ3v) is 3.37. The molecule has 5 nitrogen and oxygen atoms in total. The molecule has 1 aromatic carbocycles. The van der Waals surface area contributed by atoms with Crippen LogP contribution in [0, 0.1) is 6.92 Å². The average Bonchev–Trinajstić information content (AvgIpc) is 3.30. The van der Waals surface area contributed by atoms with E-state index in [0.717, 1.165) is 18.4 Å². The van der Waals surface area contributed by atoms with Crippen LogP contribution in [0.3, 0.4) is 0 Å². The molecular weight excluding hydrogens is 282 g/mol. The maximum atomic E-state index is 12.2. The zero-order valence-electron chi connectivity index (χ0n) is 12.3. The molecule has 2 aromatic rings. The summed E-state index contributed by atoms with van der Waals surface area (Å²) in [5.74, 6) is -0.0928. The molecule has 1 aliphatic rings. The summed E-state index contributed by atoms with van der Waals surface area (Å²) in [6, 6.07) is 11.0. The van der Waals surface area contributed by atoms with Gasteiger partial charge in [0.05, 0.1) is 0 Å². The second-order valence-corrected chi connectivity index (χ2v) is 5.40. The van der Waals surface area contributed by atoms with Crippen LogP contribution in [0.5, 0.6) is 5.75 Å². The smallest absolute Gasteiger partial charge is 0.291 e. The summed E-state index contributed by atoms with van der Waals surface area (Å²) < 4.78 is 11.0. The Labute approximate surface area is 127 Å². The first-order chi connectivity index (χ1) is 10.6. The summed E-state index contributed by atoms with van der Waals surface area (Å²) in [6.07, 6.45) is 1.92. The molecule has 1 N–H and O–H groups in total. The van der Waals surface area contributed by atoms with Crippen molar-refractivity contribution in [3.8, 4) is 5.75 Å². The quantitative estimate of drug-likeness (QED) is 0.920. The van der Waals surface area contributed by atoms with Gasteiger partial charge in [-0.05, 0) is 25.3 Å². The van der Waals surface area contributed by atoms with Crippen molar-refractivity contribution in [2.45, 2.75) is 32.4 Å². The minimum atomic E-state index is -0.397. The molecule has 0 aliphatic heterocycles. The predicted octanol–water partition coefficient (Wildman–Crippen LogP) is 2.42. The molecule has 0 bridgehead atoms. The Kier molecular flexibility index (Phi) is 3.96. The normalized spacial score (nSPS) is 13.7. The van der Waals surface area contributed by atoms with Gasteiger partial charge in [-0.25, -0.2) is 0 Å². The van der Waals surface area contributed by atoms with Gasteiger partial charge in [0.1, 0.15) is 12.4 Å². The van der Waals surface area contributed by atoms with Gasteiger partial charge in [0, 0.05) is 12.1 Å². The molecule has 0 atom stereocenters. The molecule has 1 heterocycles. The minimum absolute atomic E-state index is 0.0346. The standard InChI is InChI=1S/C17H17NO4/c1-11-9-14(19)15(21-10-12-5-3-2-4-6-12)16(22-11)17(20)18-13-7-8-13/h2-6,9,13H,7-8,10H2,1H3,(H,18,20). The number of hydrogen-bond acceptors (Lipinski definition) is 4. The maximum absolute atomic E-state index is 12.2. The molecule has 0 spiro atoms. The van der Waals surface area contributed by atoms with Crippen LogP contribution in [0.2, 0.25) is 0 Å². The van der Waals surface area contributed by atoms with Crippen molar-refractivity contribution in [1.82, 2.24) is 5.32 Å². The summed E-state index contributed by atoms with van der Waals surface area (Å²) >= 11 is 0. The van der Waals surface area contributed by atoms with Crippen LogP contribution in [0.25, 0.3) is 0 Å². The van der Waals surface area contributed by atoms with Crippen molar-refractivity contribution in [2.75, 3.05) is 0 Å². The van der Waals surface area contributed by atoms with E-state index in [-0.39, 0.29) is 29.6 Å². The third-order valence-electron chi connectivity index (χ3n) is 3.37. The van der Waals surface area contributed by atoms with Gasteiger partial charge < -0.3 is 14.5 Å². The number of ether oxygens (including phenoxy) is 1. The van der Waals surface area contributed by atoms with E-state index in [4.69, 9.17) is 9.15 Å². The Morgan fingerprint density at radius 1 is 1.32 bits per heavy atom. The highest BCUT2D eigenvalue weighted by Crippen LogP contribution is 2.22. The molecule has 1 amide bonds. The average molecular weight is 299 g/mol. The predicted molar refractivity (Wildman–Crippen MR) is 81.0 cm³/mol. The Morgan fingerprint density at radius 2 is 2.05 bits per heavy atom. The molecule has 1 aliphatic carbocycles. The summed E-state index contributed by atoms with van der Waals surface area (Å²) in [5, 5.41) is 2.81. The molecule has 1 aromatic heterocycles. The van der Waals surface area contributed by atoms with Gasteiger partial charge in [0.25, 0.3) is 5.91 Å². The van der Waals surface area contributed by atoms with Crippen molar-refractivity contribution in [3.63, 3.8) is 0 Å². The van der Waals surface area contributed by atoms with Gasteiger partial charge in [-0.3, -0.25) is 9.59 Å². The third kappa shape index (κ3) is 3.36. The molecule has 0 unspecified atom stereocenters. The Hall–Kier alpha value is -2.56. The Balaban J connectivity index is 1.84. The molecule has 1 fully saturated rings. The van der Waals surface area contributed by atoms with E-state index in [1.165, 1.54) is 6.07 Å². The fraction of sp³-hybridized carbons (Fsp3) is 0.294. The largest absolute Gasteiger partial charge is 0.481 e. The van der Waals surface area contributed by atoms with Crippen LogP contribution >= 0.6 is 0 Å². The highest BCUT2D eigenvalue weighted by Gasteiger charge is 2.28. The molecule has 1 saturated carbocycles. The van der Waals surface area contributed by atoms with E-state index in [1.807, 2.05) is 30.3 Å². The highest BCUT2D eigenvalue weighted by molar-refractivity contribution is 5.94. The molecule has 0 radical (unpaired) electrons.